The number of carbonyl (C=O) groups excluding carboxylic acids is 2. The summed E-state index contributed by atoms with van der Waals surface area (Å²) in [7, 11) is 0. The Balaban J connectivity index is 1.50. The van der Waals surface area contributed by atoms with Gasteiger partial charge in [-0.3, -0.25) is 14.5 Å². The first-order chi connectivity index (χ1) is 14.2. The van der Waals surface area contributed by atoms with E-state index in [1.807, 2.05) is 32.9 Å². The largest absolute Gasteiger partial charge is 0.349 e. The van der Waals surface area contributed by atoms with E-state index in [0.29, 0.717) is 11.3 Å². The number of amides is 2. The summed E-state index contributed by atoms with van der Waals surface area (Å²) in [6.45, 7) is 8.09. The molecule has 0 aliphatic carbocycles. The molecule has 1 fully saturated rings. The number of benzene rings is 2. The maximum absolute atomic E-state index is 13.0. The molecule has 1 saturated heterocycles. The monoisotopic (exact) mass is 411 g/mol. The van der Waals surface area contributed by atoms with Gasteiger partial charge in [0.15, 0.2) is 0 Å². The number of carbonyl (C=O) groups is 2. The second-order valence-electron chi connectivity index (χ2n) is 8.94. The Kier molecular flexibility index (Phi) is 6.87. The van der Waals surface area contributed by atoms with Crippen LogP contribution >= 0.6 is 0 Å². The van der Waals surface area contributed by atoms with E-state index in [-0.39, 0.29) is 23.7 Å². The number of nitrogens with one attached hydrogen (secondary N) is 2. The molecule has 5 nitrogen and oxygen atoms in total. The highest BCUT2D eigenvalue weighted by Gasteiger charge is 2.23. The van der Waals surface area contributed by atoms with Crippen LogP contribution in [0.3, 0.4) is 0 Å². The first kappa shape index (κ1) is 22.0. The fourth-order valence-electron chi connectivity index (χ4n) is 3.41. The predicted molar refractivity (Wildman–Crippen MR) is 117 cm³/mol. The minimum atomic E-state index is -0.500. The van der Waals surface area contributed by atoms with Gasteiger partial charge in [-0.1, -0.05) is 39.0 Å². The van der Waals surface area contributed by atoms with E-state index in [1.165, 1.54) is 12.1 Å². The smallest absolute Gasteiger partial charge is 0.251 e. The fourth-order valence-corrected chi connectivity index (χ4v) is 3.41. The highest BCUT2D eigenvalue weighted by molar-refractivity contribution is 5.98. The lowest BCUT2D eigenvalue weighted by atomic mass is 9.95. The number of rotatable bonds is 5. The van der Waals surface area contributed by atoms with Crippen molar-refractivity contribution in [2.45, 2.75) is 46.2 Å². The third-order valence-corrected chi connectivity index (χ3v) is 5.31. The summed E-state index contributed by atoms with van der Waals surface area (Å²) in [6.07, 6.45) is 1.74. The van der Waals surface area contributed by atoms with Crippen LogP contribution in [0.15, 0.2) is 48.5 Å². The van der Waals surface area contributed by atoms with Gasteiger partial charge in [0.25, 0.3) is 5.91 Å². The van der Waals surface area contributed by atoms with E-state index in [1.54, 1.807) is 24.3 Å². The van der Waals surface area contributed by atoms with Crippen molar-refractivity contribution in [3.63, 3.8) is 0 Å². The van der Waals surface area contributed by atoms with Gasteiger partial charge in [-0.2, -0.15) is 0 Å². The Labute approximate surface area is 177 Å². The van der Waals surface area contributed by atoms with Gasteiger partial charge >= 0.3 is 0 Å². The van der Waals surface area contributed by atoms with Crippen molar-refractivity contribution in [3.05, 3.63) is 65.5 Å². The van der Waals surface area contributed by atoms with Crippen LogP contribution < -0.4 is 10.6 Å². The lowest BCUT2D eigenvalue weighted by molar-refractivity contribution is -0.123. The Morgan fingerprint density at radius 3 is 2.37 bits per heavy atom. The average molecular weight is 412 g/mol. The molecule has 30 heavy (non-hydrogen) atoms. The molecule has 0 aromatic heterocycles. The SMILES string of the molecule is CC(C)(C)C(=O)Nc1cccc(C(=O)NC2CCN(Cc3ccc(F)cc3)CC2)c1. The molecule has 160 valence electrons. The van der Waals surface area contributed by atoms with E-state index in [9.17, 15) is 14.0 Å². The summed E-state index contributed by atoms with van der Waals surface area (Å²) in [5.74, 6) is -0.436. The van der Waals surface area contributed by atoms with Gasteiger partial charge in [-0.05, 0) is 48.7 Å². The number of halogens is 1. The molecule has 2 amide bonds. The van der Waals surface area contributed by atoms with Gasteiger partial charge in [0.05, 0.1) is 0 Å². The fraction of sp³-hybridized carbons (Fsp3) is 0.417. The van der Waals surface area contributed by atoms with E-state index in [4.69, 9.17) is 0 Å². The number of nitrogens with zero attached hydrogens (tertiary/aromatic N) is 1. The molecule has 0 bridgehead atoms. The van der Waals surface area contributed by atoms with Crippen molar-refractivity contribution in [1.82, 2.24) is 10.2 Å². The lowest BCUT2D eigenvalue weighted by Gasteiger charge is -2.32. The van der Waals surface area contributed by atoms with Crippen LogP contribution in [0, 0.1) is 11.2 Å². The van der Waals surface area contributed by atoms with Crippen molar-refractivity contribution >= 4 is 17.5 Å². The Hall–Kier alpha value is -2.73. The van der Waals surface area contributed by atoms with Crippen LogP contribution in [-0.2, 0) is 11.3 Å². The molecule has 2 aromatic rings. The van der Waals surface area contributed by atoms with E-state index >= 15 is 0 Å². The Morgan fingerprint density at radius 1 is 1.07 bits per heavy atom. The summed E-state index contributed by atoms with van der Waals surface area (Å²) in [5, 5.41) is 5.97. The number of hydrogen-bond acceptors (Lipinski definition) is 3. The van der Waals surface area contributed by atoms with Crippen LogP contribution in [0.1, 0.15) is 49.5 Å². The normalized spacial score (nSPS) is 15.6. The quantitative estimate of drug-likeness (QED) is 0.775. The highest BCUT2D eigenvalue weighted by Crippen LogP contribution is 2.19. The molecule has 0 saturated carbocycles. The summed E-state index contributed by atoms with van der Waals surface area (Å²) < 4.78 is 13.0. The zero-order valence-corrected chi connectivity index (χ0v) is 17.9. The third kappa shape index (κ3) is 6.13. The first-order valence-electron chi connectivity index (χ1n) is 10.4. The van der Waals surface area contributed by atoms with Gasteiger partial charge in [-0.15, -0.1) is 0 Å². The topological polar surface area (TPSA) is 61.4 Å². The molecule has 0 spiro atoms. The second-order valence-corrected chi connectivity index (χ2v) is 8.94. The van der Waals surface area contributed by atoms with Gasteiger partial charge in [-0.25, -0.2) is 4.39 Å². The minimum Gasteiger partial charge on any atom is -0.349 e. The number of anilines is 1. The first-order valence-corrected chi connectivity index (χ1v) is 10.4. The van der Waals surface area contributed by atoms with Crippen molar-refractivity contribution < 1.29 is 14.0 Å². The van der Waals surface area contributed by atoms with Crippen molar-refractivity contribution in [2.24, 2.45) is 5.41 Å². The molecule has 2 N–H and O–H groups in total. The van der Waals surface area contributed by atoms with Gasteiger partial charge in [0.2, 0.25) is 5.91 Å². The van der Waals surface area contributed by atoms with Crippen LogP contribution in [-0.4, -0.2) is 35.8 Å². The summed E-state index contributed by atoms with van der Waals surface area (Å²) >= 11 is 0. The van der Waals surface area contributed by atoms with Gasteiger partial charge < -0.3 is 10.6 Å². The summed E-state index contributed by atoms with van der Waals surface area (Å²) in [6, 6.07) is 13.8. The minimum absolute atomic E-state index is 0.0893. The zero-order valence-electron chi connectivity index (χ0n) is 17.9. The standard InChI is InChI=1S/C24H30FN3O2/c1-24(2,3)23(30)27-21-6-4-5-18(15-21)22(29)26-20-11-13-28(14-12-20)16-17-7-9-19(25)10-8-17/h4-10,15,20H,11-14,16H2,1-3H3,(H,26,29)(H,27,30). The van der Waals surface area contributed by atoms with Crippen LogP contribution in [0.2, 0.25) is 0 Å². The molecule has 1 heterocycles. The third-order valence-electron chi connectivity index (χ3n) is 5.31. The van der Waals surface area contributed by atoms with E-state index in [2.05, 4.69) is 15.5 Å². The van der Waals surface area contributed by atoms with Crippen molar-refractivity contribution in [2.75, 3.05) is 18.4 Å². The Bertz CT molecular complexity index is 882. The predicted octanol–water partition coefficient (Wildman–Crippen LogP) is 4.20. The molecule has 0 unspecified atom stereocenters. The molecule has 3 rings (SSSR count). The maximum Gasteiger partial charge on any atom is 0.251 e. The van der Waals surface area contributed by atoms with Crippen LogP contribution in [0.5, 0.6) is 0 Å². The summed E-state index contributed by atoms with van der Waals surface area (Å²) in [4.78, 5) is 27.2. The average Bonchev–Trinajstić information content (AvgIpc) is 2.70. The molecule has 6 heteroatoms. The Morgan fingerprint density at radius 2 is 1.73 bits per heavy atom. The summed E-state index contributed by atoms with van der Waals surface area (Å²) in [5.41, 5.74) is 1.75. The second kappa shape index (κ2) is 9.39. The van der Waals surface area contributed by atoms with Gasteiger partial charge in [0.1, 0.15) is 5.82 Å². The lowest BCUT2D eigenvalue weighted by Crippen LogP contribution is -2.44. The van der Waals surface area contributed by atoms with Crippen LogP contribution in [0.25, 0.3) is 0 Å². The van der Waals surface area contributed by atoms with Crippen LogP contribution in [0.4, 0.5) is 10.1 Å². The number of piperidine rings is 1. The molecule has 0 atom stereocenters. The number of likely N-dealkylation sites (tertiary alicyclic amines) is 1. The molecule has 1 aliphatic heterocycles. The highest BCUT2D eigenvalue weighted by atomic mass is 19.1. The molecule has 2 aromatic carbocycles. The molecular weight excluding hydrogens is 381 g/mol. The molecule has 0 radical (unpaired) electrons. The van der Waals surface area contributed by atoms with Crippen molar-refractivity contribution in [3.8, 4) is 0 Å². The zero-order chi connectivity index (χ0) is 21.7. The van der Waals surface area contributed by atoms with Gasteiger partial charge in [0, 0.05) is 42.3 Å². The number of hydrogen-bond donors (Lipinski definition) is 2. The van der Waals surface area contributed by atoms with E-state index in [0.717, 1.165) is 38.0 Å². The van der Waals surface area contributed by atoms with E-state index < -0.39 is 5.41 Å². The molecule has 1 aliphatic rings. The van der Waals surface area contributed by atoms with Crippen molar-refractivity contribution in [1.29, 1.82) is 0 Å². The maximum atomic E-state index is 13.0. The molecular formula is C24H30FN3O2.